The molecule has 422 valence electrons. The van der Waals surface area contributed by atoms with E-state index in [0.29, 0.717) is 19.3 Å². The highest BCUT2D eigenvalue weighted by molar-refractivity contribution is 5.71. The maximum Gasteiger partial charge on any atom is 0.306 e. The summed E-state index contributed by atoms with van der Waals surface area (Å²) in [5.41, 5.74) is 0. The first kappa shape index (κ1) is 69.4. The van der Waals surface area contributed by atoms with E-state index in [4.69, 9.17) is 14.2 Å². The number of unbranched alkanes of at least 4 members (excludes halogenated alkanes) is 40. The fourth-order valence-electron chi connectivity index (χ4n) is 10.0. The van der Waals surface area contributed by atoms with Gasteiger partial charge in [-0.15, -0.1) is 0 Å². The maximum absolute atomic E-state index is 12.9. The molecule has 0 aromatic carbocycles. The molecule has 0 amide bonds. The van der Waals surface area contributed by atoms with Crippen LogP contribution >= 0.6 is 0 Å². The third kappa shape index (κ3) is 57.5. The normalized spacial score (nSPS) is 12.5. The topological polar surface area (TPSA) is 78.9 Å². The van der Waals surface area contributed by atoms with Crippen molar-refractivity contribution in [2.24, 2.45) is 17.8 Å². The number of rotatable bonds is 58. The predicted octanol–water partition coefficient (Wildman–Crippen LogP) is 21.5. The highest BCUT2D eigenvalue weighted by Gasteiger charge is 2.19. The van der Waals surface area contributed by atoms with Gasteiger partial charge in [0.15, 0.2) is 6.10 Å². The second kappa shape index (κ2) is 56.1. The van der Waals surface area contributed by atoms with Crippen LogP contribution in [0.3, 0.4) is 0 Å². The molecule has 0 saturated carbocycles. The van der Waals surface area contributed by atoms with E-state index in [-0.39, 0.29) is 31.1 Å². The van der Waals surface area contributed by atoms with Crippen molar-refractivity contribution in [2.75, 3.05) is 13.2 Å². The predicted molar refractivity (Wildman–Crippen MR) is 307 cm³/mol. The quantitative estimate of drug-likeness (QED) is 0.0343. The molecular weight excluding hydrogens is 877 g/mol. The summed E-state index contributed by atoms with van der Waals surface area (Å²) < 4.78 is 16.9. The van der Waals surface area contributed by atoms with Crippen LogP contribution in [0.15, 0.2) is 0 Å². The van der Waals surface area contributed by atoms with E-state index in [1.54, 1.807) is 0 Å². The summed E-state index contributed by atoms with van der Waals surface area (Å²) in [6, 6.07) is 0. The van der Waals surface area contributed by atoms with Crippen LogP contribution in [-0.4, -0.2) is 37.2 Å². The molecule has 0 fully saturated rings. The number of hydrogen-bond donors (Lipinski definition) is 0. The lowest BCUT2D eigenvalue weighted by molar-refractivity contribution is -0.167. The summed E-state index contributed by atoms with van der Waals surface area (Å²) in [6.07, 6.45) is 61.2. The zero-order valence-corrected chi connectivity index (χ0v) is 49.0. The fraction of sp³-hybridized carbons (Fsp3) is 0.954. The second-order valence-corrected chi connectivity index (χ2v) is 23.6. The second-order valence-electron chi connectivity index (χ2n) is 23.6. The number of esters is 3. The van der Waals surface area contributed by atoms with Crippen LogP contribution in [0.1, 0.15) is 363 Å². The Hall–Kier alpha value is -1.59. The fourth-order valence-corrected chi connectivity index (χ4v) is 10.0. The molecule has 0 radical (unpaired) electrons. The minimum absolute atomic E-state index is 0.0633. The van der Waals surface area contributed by atoms with Crippen LogP contribution in [0.2, 0.25) is 0 Å². The van der Waals surface area contributed by atoms with Gasteiger partial charge in [-0.1, -0.05) is 324 Å². The number of carbonyl (C=O) groups excluding carboxylic acids is 3. The molecule has 0 aliphatic carbocycles. The summed E-state index contributed by atoms with van der Waals surface area (Å²) in [7, 11) is 0. The van der Waals surface area contributed by atoms with Crippen molar-refractivity contribution < 1.29 is 28.6 Å². The number of carbonyl (C=O) groups is 3. The minimum Gasteiger partial charge on any atom is -0.462 e. The number of hydrogen-bond acceptors (Lipinski definition) is 6. The molecule has 0 rings (SSSR count). The van der Waals surface area contributed by atoms with Gasteiger partial charge in [-0.05, 0) is 37.0 Å². The third-order valence-corrected chi connectivity index (χ3v) is 15.3. The Labute approximate surface area is 444 Å². The van der Waals surface area contributed by atoms with Gasteiger partial charge in [-0.2, -0.15) is 0 Å². The minimum atomic E-state index is -0.764. The largest absolute Gasteiger partial charge is 0.462 e. The van der Waals surface area contributed by atoms with Crippen molar-refractivity contribution in [3.8, 4) is 0 Å². The van der Waals surface area contributed by atoms with Gasteiger partial charge in [0.1, 0.15) is 13.2 Å². The highest BCUT2D eigenvalue weighted by atomic mass is 16.6. The van der Waals surface area contributed by atoms with Crippen LogP contribution in [0.25, 0.3) is 0 Å². The van der Waals surface area contributed by atoms with E-state index < -0.39 is 6.10 Å². The molecule has 0 aromatic rings. The van der Waals surface area contributed by atoms with Crippen LogP contribution < -0.4 is 0 Å². The molecule has 0 saturated heterocycles. The van der Waals surface area contributed by atoms with Crippen LogP contribution in [-0.2, 0) is 28.6 Å². The molecule has 0 aromatic heterocycles. The monoisotopic (exact) mass is 1000 g/mol. The summed E-state index contributed by atoms with van der Waals surface area (Å²) >= 11 is 0. The van der Waals surface area contributed by atoms with Crippen molar-refractivity contribution in [1.29, 1.82) is 0 Å². The summed E-state index contributed by atoms with van der Waals surface area (Å²) in [5.74, 6) is 1.71. The Bertz CT molecular complexity index is 1100. The summed E-state index contributed by atoms with van der Waals surface area (Å²) in [5, 5.41) is 0. The van der Waals surface area contributed by atoms with Crippen LogP contribution in [0, 0.1) is 17.8 Å². The van der Waals surface area contributed by atoms with Crippen molar-refractivity contribution in [3.63, 3.8) is 0 Å². The van der Waals surface area contributed by atoms with Crippen LogP contribution in [0.5, 0.6) is 0 Å². The zero-order valence-electron chi connectivity index (χ0n) is 49.0. The van der Waals surface area contributed by atoms with Crippen molar-refractivity contribution in [1.82, 2.24) is 0 Å². The maximum atomic E-state index is 12.9. The van der Waals surface area contributed by atoms with Crippen molar-refractivity contribution >= 4 is 17.9 Å². The third-order valence-electron chi connectivity index (χ3n) is 15.3. The van der Waals surface area contributed by atoms with Crippen molar-refractivity contribution in [2.45, 2.75) is 369 Å². The molecule has 0 spiro atoms. The lowest BCUT2D eigenvalue weighted by atomic mass is 9.99. The van der Waals surface area contributed by atoms with Gasteiger partial charge >= 0.3 is 17.9 Å². The van der Waals surface area contributed by atoms with Gasteiger partial charge in [0.25, 0.3) is 0 Å². The highest BCUT2D eigenvalue weighted by Crippen LogP contribution is 2.20. The average Bonchev–Trinajstić information content (AvgIpc) is 3.35. The molecular formula is C65H126O6. The molecule has 0 aliphatic heterocycles. The zero-order chi connectivity index (χ0) is 51.9. The van der Waals surface area contributed by atoms with E-state index in [1.165, 1.54) is 244 Å². The van der Waals surface area contributed by atoms with Gasteiger partial charge < -0.3 is 14.2 Å². The van der Waals surface area contributed by atoms with E-state index in [0.717, 1.165) is 75.5 Å². The smallest absolute Gasteiger partial charge is 0.306 e. The Morgan fingerprint density at radius 1 is 0.282 bits per heavy atom. The van der Waals surface area contributed by atoms with E-state index in [1.807, 2.05) is 0 Å². The van der Waals surface area contributed by atoms with Gasteiger partial charge in [-0.25, -0.2) is 0 Å². The summed E-state index contributed by atoms with van der Waals surface area (Å²) in [4.78, 5) is 38.2. The molecule has 2 atom stereocenters. The number of ether oxygens (including phenoxy) is 3. The average molecular weight is 1000 g/mol. The lowest BCUT2D eigenvalue weighted by Gasteiger charge is -2.18. The Morgan fingerprint density at radius 2 is 0.493 bits per heavy atom. The lowest BCUT2D eigenvalue weighted by Crippen LogP contribution is -2.30. The molecule has 0 aliphatic rings. The molecule has 1 unspecified atom stereocenters. The van der Waals surface area contributed by atoms with Crippen LogP contribution in [0.4, 0.5) is 0 Å². The van der Waals surface area contributed by atoms with Crippen molar-refractivity contribution in [3.05, 3.63) is 0 Å². The molecule has 0 bridgehead atoms. The molecule has 0 heterocycles. The summed E-state index contributed by atoms with van der Waals surface area (Å²) in [6.45, 7) is 13.8. The van der Waals surface area contributed by atoms with Gasteiger partial charge in [-0.3, -0.25) is 14.4 Å². The van der Waals surface area contributed by atoms with E-state index >= 15 is 0 Å². The molecule has 6 nitrogen and oxygen atoms in total. The molecule has 71 heavy (non-hydrogen) atoms. The first-order valence-corrected chi connectivity index (χ1v) is 32.1. The Kier molecular flexibility index (Phi) is 54.9. The van der Waals surface area contributed by atoms with Gasteiger partial charge in [0.05, 0.1) is 0 Å². The van der Waals surface area contributed by atoms with Gasteiger partial charge in [0, 0.05) is 19.3 Å². The Morgan fingerprint density at radius 3 is 0.732 bits per heavy atom. The Balaban J connectivity index is 4.18. The molecule has 0 N–H and O–H groups in total. The SMILES string of the molecule is CCC(C)CCCCCCCCCCCCCCCCCCCCC(=O)O[C@H](COC(=O)CCCCCCCCCCCCCCCCCCCCC(C)C)COC(=O)CCCCCCCCCC(C)C. The van der Waals surface area contributed by atoms with E-state index in [2.05, 4.69) is 41.5 Å². The van der Waals surface area contributed by atoms with E-state index in [9.17, 15) is 14.4 Å². The molecule has 6 heteroatoms. The standard InChI is InChI=1S/C65H126O6/c1-7-61(6)53-47-41-35-29-25-21-17-13-9-11-15-19-23-27-31-37-44-50-56-65(68)71-62(58-70-64(67)55-49-43-38-32-34-40-46-52-60(4)5)57-69-63(66)54-48-42-36-30-26-22-18-14-10-8-12-16-20-24-28-33-39-45-51-59(2)3/h59-62H,7-58H2,1-6H3/t61?,62-/m1/s1. The first-order chi connectivity index (χ1) is 34.6. The first-order valence-electron chi connectivity index (χ1n) is 32.1. The van der Waals surface area contributed by atoms with Gasteiger partial charge in [0.2, 0.25) is 0 Å².